The summed E-state index contributed by atoms with van der Waals surface area (Å²) in [5.41, 5.74) is 2.14. The van der Waals surface area contributed by atoms with E-state index in [1.165, 1.54) is 5.56 Å². The molecule has 0 saturated carbocycles. The van der Waals surface area contributed by atoms with E-state index in [0.717, 1.165) is 12.0 Å². The van der Waals surface area contributed by atoms with Crippen molar-refractivity contribution in [2.24, 2.45) is 0 Å². The SMILES string of the molecule is CCC(C)c1ccc(C(=O)CI)cc1. The molecule has 0 saturated heterocycles. The number of carbonyl (C=O) groups is 1. The minimum Gasteiger partial charge on any atom is -0.293 e. The largest absolute Gasteiger partial charge is 0.293 e. The third-order valence-electron chi connectivity index (χ3n) is 2.54. The highest BCUT2D eigenvalue weighted by atomic mass is 127. The summed E-state index contributed by atoms with van der Waals surface area (Å²) >= 11 is 2.10. The molecule has 1 nitrogen and oxygen atoms in total. The molecule has 1 atom stereocenters. The summed E-state index contributed by atoms with van der Waals surface area (Å²) < 4.78 is 0.556. The van der Waals surface area contributed by atoms with Gasteiger partial charge in [-0.3, -0.25) is 4.79 Å². The van der Waals surface area contributed by atoms with Gasteiger partial charge in [0.2, 0.25) is 0 Å². The van der Waals surface area contributed by atoms with Crippen LogP contribution >= 0.6 is 22.6 Å². The molecular formula is C12H15IO. The lowest BCUT2D eigenvalue weighted by Gasteiger charge is -2.08. The number of benzene rings is 1. The molecule has 14 heavy (non-hydrogen) atoms. The molecule has 1 unspecified atom stereocenters. The molecule has 0 aliphatic rings. The summed E-state index contributed by atoms with van der Waals surface area (Å²) in [6.45, 7) is 4.38. The highest BCUT2D eigenvalue weighted by Crippen LogP contribution is 2.19. The Balaban J connectivity index is 2.83. The highest BCUT2D eigenvalue weighted by molar-refractivity contribution is 14.1. The van der Waals surface area contributed by atoms with E-state index >= 15 is 0 Å². The van der Waals surface area contributed by atoms with Crippen LogP contribution in [-0.2, 0) is 0 Å². The molecule has 0 heterocycles. The van der Waals surface area contributed by atoms with E-state index < -0.39 is 0 Å². The standard InChI is InChI=1S/C12H15IO/c1-3-9(2)10-4-6-11(7-5-10)12(14)8-13/h4-7,9H,3,8H2,1-2H3. The number of hydrogen-bond donors (Lipinski definition) is 0. The van der Waals surface area contributed by atoms with Gasteiger partial charge in [-0.2, -0.15) is 0 Å². The van der Waals surface area contributed by atoms with Crippen molar-refractivity contribution in [3.8, 4) is 0 Å². The molecule has 0 fully saturated rings. The van der Waals surface area contributed by atoms with Gasteiger partial charge < -0.3 is 0 Å². The number of halogens is 1. The van der Waals surface area contributed by atoms with Crippen LogP contribution in [0.25, 0.3) is 0 Å². The van der Waals surface area contributed by atoms with Crippen molar-refractivity contribution in [3.63, 3.8) is 0 Å². The van der Waals surface area contributed by atoms with E-state index in [0.29, 0.717) is 10.3 Å². The maximum atomic E-state index is 11.4. The lowest BCUT2D eigenvalue weighted by molar-refractivity contribution is 0.102. The fourth-order valence-corrected chi connectivity index (χ4v) is 1.75. The molecule has 0 bridgehead atoms. The van der Waals surface area contributed by atoms with Crippen molar-refractivity contribution in [1.82, 2.24) is 0 Å². The molecule has 0 amide bonds. The molecule has 1 rings (SSSR count). The van der Waals surface area contributed by atoms with E-state index in [-0.39, 0.29) is 5.78 Å². The van der Waals surface area contributed by atoms with Crippen molar-refractivity contribution in [3.05, 3.63) is 35.4 Å². The van der Waals surface area contributed by atoms with Crippen LogP contribution < -0.4 is 0 Å². The van der Waals surface area contributed by atoms with E-state index in [4.69, 9.17) is 0 Å². The van der Waals surface area contributed by atoms with Gasteiger partial charge in [0.25, 0.3) is 0 Å². The fraction of sp³-hybridized carbons (Fsp3) is 0.417. The second-order valence-corrected chi connectivity index (χ2v) is 4.25. The third-order valence-corrected chi connectivity index (χ3v) is 3.23. The average molecular weight is 302 g/mol. The summed E-state index contributed by atoms with van der Waals surface area (Å²) in [7, 11) is 0. The molecule has 1 aromatic rings. The number of carbonyl (C=O) groups excluding carboxylic acids is 1. The minimum atomic E-state index is 0.210. The molecule has 0 aliphatic carbocycles. The number of rotatable bonds is 4. The predicted octanol–water partition coefficient (Wildman–Crippen LogP) is 3.82. The summed E-state index contributed by atoms with van der Waals surface area (Å²) in [6.07, 6.45) is 1.14. The van der Waals surface area contributed by atoms with E-state index in [9.17, 15) is 4.79 Å². The quantitative estimate of drug-likeness (QED) is 0.469. The van der Waals surface area contributed by atoms with Crippen molar-refractivity contribution < 1.29 is 4.79 Å². The fourth-order valence-electron chi connectivity index (χ4n) is 1.31. The number of Topliss-reactive ketones (excluding diaryl/α,β-unsaturated/α-hetero) is 1. The summed E-state index contributed by atoms with van der Waals surface area (Å²) in [4.78, 5) is 11.4. The average Bonchev–Trinajstić information content (AvgIpc) is 2.27. The first kappa shape index (κ1) is 11.7. The molecule has 1 aromatic carbocycles. The van der Waals surface area contributed by atoms with Crippen LogP contribution in [0.1, 0.15) is 42.1 Å². The zero-order valence-electron chi connectivity index (χ0n) is 8.59. The van der Waals surface area contributed by atoms with Crippen LogP contribution in [0, 0.1) is 0 Å². The van der Waals surface area contributed by atoms with Crippen molar-refractivity contribution in [1.29, 1.82) is 0 Å². The van der Waals surface area contributed by atoms with Crippen LogP contribution in [0.3, 0.4) is 0 Å². The first-order valence-corrected chi connectivity index (χ1v) is 6.40. The van der Waals surface area contributed by atoms with Gasteiger partial charge in [0.05, 0.1) is 4.43 Å². The molecule has 0 radical (unpaired) electrons. The first-order chi connectivity index (χ1) is 6.69. The Labute approximate surface area is 99.0 Å². The Bertz CT molecular complexity index is 303. The molecule has 0 N–H and O–H groups in total. The van der Waals surface area contributed by atoms with Gasteiger partial charge in [0.15, 0.2) is 5.78 Å². The van der Waals surface area contributed by atoms with Crippen LogP contribution in [-0.4, -0.2) is 10.2 Å². The van der Waals surface area contributed by atoms with Crippen molar-refractivity contribution in [2.75, 3.05) is 4.43 Å². The highest BCUT2D eigenvalue weighted by Gasteiger charge is 2.05. The molecular weight excluding hydrogens is 287 g/mol. The lowest BCUT2D eigenvalue weighted by Crippen LogP contribution is -2.00. The van der Waals surface area contributed by atoms with E-state index in [1.807, 2.05) is 12.1 Å². The molecule has 0 spiro atoms. The van der Waals surface area contributed by atoms with E-state index in [2.05, 4.69) is 48.6 Å². The van der Waals surface area contributed by atoms with Crippen molar-refractivity contribution >= 4 is 28.4 Å². The van der Waals surface area contributed by atoms with Crippen LogP contribution in [0.5, 0.6) is 0 Å². The minimum absolute atomic E-state index is 0.210. The Morgan fingerprint density at radius 1 is 1.36 bits per heavy atom. The Kier molecular flexibility index (Phi) is 4.58. The van der Waals surface area contributed by atoms with Gasteiger partial charge >= 0.3 is 0 Å². The second kappa shape index (κ2) is 5.49. The molecule has 0 aromatic heterocycles. The van der Waals surface area contributed by atoms with Gasteiger partial charge in [-0.1, -0.05) is 60.7 Å². The zero-order chi connectivity index (χ0) is 10.6. The molecule has 0 aliphatic heterocycles. The van der Waals surface area contributed by atoms with Gasteiger partial charge in [-0.25, -0.2) is 0 Å². The Morgan fingerprint density at radius 2 is 1.93 bits per heavy atom. The maximum Gasteiger partial charge on any atom is 0.172 e. The number of hydrogen-bond acceptors (Lipinski definition) is 1. The van der Waals surface area contributed by atoms with E-state index in [1.54, 1.807) is 0 Å². The maximum absolute atomic E-state index is 11.4. The second-order valence-electron chi connectivity index (χ2n) is 3.49. The zero-order valence-corrected chi connectivity index (χ0v) is 10.7. The van der Waals surface area contributed by atoms with Crippen molar-refractivity contribution in [2.45, 2.75) is 26.2 Å². The number of alkyl halides is 1. The van der Waals surface area contributed by atoms with Crippen LogP contribution in [0.15, 0.2) is 24.3 Å². The van der Waals surface area contributed by atoms with Gasteiger partial charge in [-0.05, 0) is 17.9 Å². The Morgan fingerprint density at radius 3 is 2.36 bits per heavy atom. The lowest BCUT2D eigenvalue weighted by atomic mass is 9.97. The molecule has 76 valence electrons. The monoisotopic (exact) mass is 302 g/mol. The molecule has 2 heteroatoms. The summed E-state index contributed by atoms with van der Waals surface area (Å²) in [6, 6.07) is 7.99. The normalized spacial score (nSPS) is 12.5. The van der Waals surface area contributed by atoms with Gasteiger partial charge in [0, 0.05) is 5.56 Å². The topological polar surface area (TPSA) is 17.1 Å². The first-order valence-electron chi connectivity index (χ1n) is 4.88. The van der Waals surface area contributed by atoms with Crippen LogP contribution in [0.2, 0.25) is 0 Å². The summed E-state index contributed by atoms with van der Waals surface area (Å²) in [5.74, 6) is 0.792. The Hall–Kier alpha value is -0.380. The number of ketones is 1. The van der Waals surface area contributed by atoms with Crippen LogP contribution in [0.4, 0.5) is 0 Å². The predicted molar refractivity (Wildman–Crippen MR) is 68.4 cm³/mol. The third kappa shape index (κ3) is 2.80. The van der Waals surface area contributed by atoms with Gasteiger partial charge in [0.1, 0.15) is 0 Å². The summed E-state index contributed by atoms with van der Waals surface area (Å²) in [5, 5.41) is 0. The smallest absolute Gasteiger partial charge is 0.172 e. The van der Waals surface area contributed by atoms with Gasteiger partial charge in [-0.15, -0.1) is 0 Å².